The Balaban J connectivity index is 2.02. The van der Waals surface area contributed by atoms with Gasteiger partial charge in [-0.05, 0) is 42.5 Å². The minimum atomic E-state index is 0.192. The van der Waals surface area contributed by atoms with E-state index in [0.717, 1.165) is 15.5 Å². The minimum Gasteiger partial charge on any atom is -0.289 e. The average molecular weight is 294 g/mol. The molecule has 1 aliphatic carbocycles. The van der Waals surface area contributed by atoms with Gasteiger partial charge in [0.15, 0.2) is 5.43 Å². The van der Waals surface area contributed by atoms with Crippen molar-refractivity contribution >= 4 is 31.5 Å². The molecule has 0 spiro atoms. The highest BCUT2D eigenvalue weighted by Crippen LogP contribution is 2.38. The summed E-state index contributed by atoms with van der Waals surface area (Å²) < 4.78 is 2.33. The number of rotatable bonds is 1. The Kier molecular flexibility index (Phi) is 3.27. The lowest BCUT2D eigenvalue weighted by molar-refractivity contribution is 0.446. The molecular formula is C19H18OS. The van der Waals surface area contributed by atoms with E-state index in [9.17, 15) is 4.79 Å². The molecule has 2 heteroatoms. The summed E-state index contributed by atoms with van der Waals surface area (Å²) in [4.78, 5) is 12.7. The molecule has 0 amide bonds. The summed E-state index contributed by atoms with van der Waals surface area (Å²) in [5.74, 6) is 0.638. The fourth-order valence-corrected chi connectivity index (χ4v) is 4.84. The average Bonchev–Trinajstić information content (AvgIpc) is 2.56. The van der Waals surface area contributed by atoms with Gasteiger partial charge in [0.05, 0.1) is 0 Å². The number of fused-ring (bicyclic) bond motifs is 2. The van der Waals surface area contributed by atoms with Crippen LogP contribution >= 0.6 is 11.3 Å². The molecule has 0 unspecified atom stereocenters. The van der Waals surface area contributed by atoms with Gasteiger partial charge in [0.2, 0.25) is 0 Å². The Morgan fingerprint density at radius 2 is 1.62 bits per heavy atom. The molecule has 0 saturated heterocycles. The standard InChI is InChI=1S/C19H18OS/c20-18-15-9-4-5-12-17(15)21-19-14(10-6-11-16(18)19)13-7-2-1-3-8-13/h4-6,9-13H,1-3,7-8H2. The van der Waals surface area contributed by atoms with Gasteiger partial charge in [-0.25, -0.2) is 0 Å². The van der Waals surface area contributed by atoms with E-state index in [1.807, 2.05) is 24.3 Å². The van der Waals surface area contributed by atoms with E-state index in [0.29, 0.717) is 5.92 Å². The highest BCUT2D eigenvalue weighted by molar-refractivity contribution is 7.24. The monoisotopic (exact) mass is 294 g/mol. The van der Waals surface area contributed by atoms with Crippen LogP contribution in [0.25, 0.3) is 20.2 Å². The van der Waals surface area contributed by atoms with Crippen molar-refractivity contribution in [2.24, 2.45) is 0 Å². The van der Waals surface area contributed by atoms with Crippen LogP contribution in [0.1, 0.15) is 43.6 Å². The van der Waals surface area contributed by atoms with Gasteiger partial charge in [-0.3, -0.25) is 4.79 Å². The zero-order chi connectivity index (χ0) is 14.2. The van der Waals surface area contributed by atoms with Crippen molar-refractivity contribution in [1.82, 2.24) is 0 Å². The van der Waals surface area contributed by atoms with Crippen LogP contribution in [0.3, 0.4) is 0 Å². The number of hydrogen-bond donors (Lipinski definition) is 0. The van der Waals surface area contributed by atoms with Gasteiger partial charge in [0.1, 0.15) is 0 Å². The summed E-state index contributed by atoms with van der Waals surface area (Å²) in [5.41, 5.74) is 1.59. The molecule has 1 aromatic heterocycles. The smallest absolute Gasteiger partial charge is 0.195 e. The maximum absolute atomic E-state index is 12.7. The highest BCUT2D eigenvalue weighted by Gasteiger charge is 2.19. The van der Waals surface area contributed by atoms with E-state index in [2.05, 4.69) is 18.2 Å². The number of benzene rings is 2. The third kappa shape index (κ3) is 2.18. The van der Waals surface area contributed by atoms with Crippen LogP contribution in [0.4, 0.5) is 0 Å². The van der Waals surface area contributed by atoms with Gasteiger partial charge in [-0.2, -0.15) is 0 Å². The summed E-state index contributed by atoms with van der Waals surface area (Å²) in [5, 5.41) is 1.76. The largest absolute Gasteiger partial charge is 0.289 e. The van der Waals surface area contributed by atoms with E-state index < -0.39 is 0 Å². The second-order valence-corrected chi connectivity index (χ2v) is 7.04. The second-order valence-electron chi connectivity index (χ2n) is 5.99. The molecule has 3 aromatic rings. The van der Waals surface area contributed by atoms with E-state index >= 15 is 0 Å². The summed E-state index contributed by atoms with van der Waals surface area (Å²) >= 11 is 1.79. The third-order valence-electron chi connectivity index (χ3n) is 4.68. The fourth-order valence-electron chi connectivity index (χ4n) is 3.58. The molecule has 0 radical (unpaired) electrons. The predicted molar refractivity (Wildman–Crippen MR) is 91.4 cm³/mol. The molecule has 0 N–H and O–H groups in total. The first kappa shape index (κ1) is 13.0. The van der Waals surface area contributed by atoms with Gasteiger partial charge in [-0.1, -0.05) is 43.5 Å². The summed E-state index contributed by atoms with van der Waals surface area (Å²) in [7, 11) is 0. The molecule has 1 nitrogen and oxygen atoms in total. The second kappa shape index (κ2) is 5.27. The molecule has 106 valence electrons. The van der Waals surface area contributed by atoms with E-state index in [4.69, 9.17) is 0 Å². The molecule has 0 aliphatic heterocycles. The summed E-state index contributed by atoms with van der Waals surface area (Å²) in [6, 6.07) is 14.3. The van der Waals surface area contributed by atoms with E-state index in [1.54, 1.807) is 11.3 Å². The van der Waals surface area contributed by atoms with Gasteiger partial charge < -0.3 is 0 Å². The van der Waals surface area contributed by atoms with Gasteiger partial charge >= 0.3 is 0 Å². The van der Waals surface area contributed by atoms with Gasteiger partial charge in [0.25, 0.3) is 0 Å². The lowest BCUT2D eigenvalue weighted by Gasteiger charge is -2.23. The van der Waals surface area contributed by atoms with Crippen molar-refractivity contribution in [2.45, 2.75) is 38.0 Å². The van der Waals surface area contributed by atoms with Crippen LogP contribution in [-0.4, -0.2) is 0 Å². The predicted octanol–water partition coefficient (Wildman–Crippen LogP) is 5.46. The molecule has 1 saturated carbocycles. The highest BCUT2D eigenvalue weighted by atomic mass is 32.1. The van der Waals surface area contributed by atoms with Crippen LogP contribution in [0.2, 0.25) is 0 Å². The van der Waals surface area contributed by atoms with Gasteiger partial charge in [-0.15, -0.1) is 11.3 Å². The summed E-state index contributed by atoms with van der Waals surface area (Å²) in [6.07, 6.45) is 6.55. The lowest BCUT2D eigenvalue weighted by atomic mass is 9.84. The maximum Gasteiger partial charge on any atom is 0.195 e. The third-order valence-corrected chi connectivity index (χ3v) is 5.91. The van der Waals surface area contributed by atoms with Crippen LogP contribution in [0.15, 0.2) is 47.3 Å². The number of hydrogen-bond acceptors (Lipinski definition) is 2. The molecule has 2 aromatic carbocycles. The zero-order valence-electron chi connectivity index (χ0n) is 12.0. The van der Waals surface area contributed by atoms with Crippen molar-refractivity contribution in [3.63, 3.8) is 0 Å². The topological polar surface area (TPSA) is 17.1 Å². The first-order valence-electron chi connectivity index (χ1n) is 7.79. The molecule has 4 rings (SSSR count). The van der Waals surface area contributed by atoms with Crippen molar-refractivity contribution < 1.29 is 0 Å². The molecular weight excluding hydrogens is 276 g/mol. The van der Waals surface area contributed by atoms with E-state index in [-0.39, 0.29) is 5.43 Å². The molecule has 0 atom stereocenters. The molecule has 21 heavy (non-hydrogen) atoms. The lowest BCUT2D eigenvalue weighted by Crippen LogP contribution is -2.07. The quantitative estimate of drug-likeness (QED) is 0.544. The van der Waals surface area contributed by atoms with Crippen LogP contribution in [0.5, 0.6) is 0 Å². The molecule has 1 aliphatic rings. The Bertz CT molecular complexity index is 856. The van der Waals surface area contributed by atoms with Crippen LogP contribution in [0, 0.1) is 0 Å². The normalized spacial score (nSPS) is 16.6. The summed E-state index contributed by atoms with van der Waals surface area (Å²) in [6.45, 7) is 0. The molecule has 1 heterocycles. The first-order valence-corrected chi connectivity index (χ1v) is 8.61. The molecule has 1 fully saturated rings. The molecule has 0 bridgehead atoms. The first-order chi connectivity index (χ1) is 10.3. The Morgan fingerprint density at radius 1 is 0.857 bits per heavy atom. The van der Waals surface area contributed by atoms with Gasteiger partial charge in [0, 0.05) is 20.2 Å². The Labute approximate surface area is 128 Å². The zero-order valence-corrected chi connectivity index (χ0v) is 12.8. The van der Waals surface area contributed by atoms with Crippen molar-refractivity contribution in [2.75, 3.05) is 0 Å². The van der Waals surface area contributed by atoms with Crippen molar-refractivity contribution in [3.8, 4) is 0 Å². The van der Waals surface area contributed by atoms with Crippen molar-refractivity contribution in [3.05, 3.63) is 58.3 Å². The fraction of sp³-hybridized carbons (Fsp3) is 0.316. The van der Waals surface area contributed by atoms with Crippen molar-refractivity contribution in [1.29, 1.82) is 0 Å². The maximum atomic E-state index is 12.7. The Morgan fingerprint density at radius 3 is 2.48 bits per heavy atom. The Hall–Kier alpha value is -1.67. The van der Waals surface area contributed by atoms with Crippen LogP contribution < -0.4 is 5.43 Å². The SMILES string of the molecule is O=c1c2ccccc2sc2c(C3CCCCC3)cccc12. The minimum absolute atomic E-state index is 0.192. The van der Waals surface area contributed by atoms with E-state index in [1.165, 1.54) is 42.4 Å². The van der Waals surface area contributed by atoms with Crippen LogP contribution in [-0.2, 0) is 0 Å².